The van der Waals surface area contributed by atoms with Crippen molar-refractivity contribution in [2.24, 2.45) is 4.99 Å². The van der Waals surface area contributed by atoms with Crippen LogP contribution in [-0.4, -0.2) is 20.6 Å². The van der Waals surface area contributed by atoms with Crippen molar-refractivity contribution in [1.29, 1.82) is 0 Å². The highest BCUT2D eigenvalue weighted by Crippen LogP contribution is 2.27. The molecule has 0 saturated heterocycles. The van der Waals surface area contributed by atoms with Gasteiger partial charge in [-0.1, -0.05) is 24.3 Å². The van der Waals surface area contributed by atoms with Gasteiger partial charge in [0.25, 0.3) is 5.91 Å². The van der Waals surface area contributed by atoms with Crippen LogP contribution in [0, 0.1) is 0 Å². The van der Waals surface area contributed by atoms with Crippen LogP contribution in [0.15, 0.2) is 29.3 Å². The van der Waals surface area contributed by atoms with E-state index in [0.29, 0.717) is 6.54 Å². The molecule has 1 aromatic carbocycles. The molecule has 4 nitrogen and oxygen atoms in total. The summed E-state index contributed by atoms with van der Waals surface area (Å²) in [7, 11) is 3.21. The fraction of sp³-hybridized carbons (Fsp3) is 0.364. The maximum Gasteiger partial charge on any atom is 0.278 e. The Morgan fingerprint density at radius 2 is 2.00 bits per heavy atom. The van der Waals surface area contributed by atoms with E-state index < -0.39 is 5.91 Å². The average Bonchev–Trinajstić information content (AvgIpc) is 2.49. The number of nitrogens with zero attached hydrogens (tertiary/aromatic N) is 1. The van der Waals surface area contributed by atoms with E-state index in [4.69, 9.17) is 9.47 Å². The molecular weight excluding hydrogens is 192 g/mol. The summed E-state index contributed by atoms with van der Waals surface area (Å²) in [5, 5.41) is 3.01. The molecule has 1 aliphatic heterocycles. The van der Waals surface area contributed by atoms with Gasteiger partial charge in [-0.25, -0.2) is 0 Å². The Hall–Kier alpha value is -1.39. The molecule has 1 heterocycles. The van der Waals surface area contributed by atoms with Crippen molar-refractivity contribution in [2.75, 3.05) is 14.2 Å². The van der Waals surface area contributed by atoms with E-state index in [9.17, 15) is 0 Å². The Bertz CT molecular complexity index is 373. The number of ether oxygens (including phenoxy) is 2. The quantitative estimate of drug-likeness (QED) is 0.740. The van der Waals surface area contributed by atoms with Crippen molar-refractivity contribution in [3.63, 3.8) is 0 Å². The summed E-state index contributed by atoms with van der Waals surface area (Å²) in [6.45, 7) is 0.637. The van der Waals surface area contributed by atoms with Gasteiger partial charge in [-0.15, -0.1) is 0 Å². The van der Waals surface area contributed by atoms with E-state index in [1.807, 2.05) is 24.3 Å². The predicted molar refractivity (Wildman–Crippen MR) is 57.5 cm³/mol. The molecule has 15 heavy (non-hydrogen) atoms. The molecule has 80 valence electrons. The molecule has 0 radical (unpaired) electrons. The van der Waals surface area contributed by atoms with E-state index in [-0.39, 0.29) is 0 Å². The molecule has 1 aliphatic rings. The van der Waals surface area contributed by atoms with E-state index >= 15 is 0 Å². The van der Waals surface area contributed by atoms with Crippen LogP contribution in [0.3, 0.4) is 0 Å². The Labute approximate surface area is 88.9 Å². The second-order valence-electron chi connectivity index (χ2n) is 3.30. The van der Waals surface area contributed by atoms with Crippen LogP contribution in [0.25, 0.3) is 0 Å². The number of rotatable bonds is 2. The fourth-order valence-corrected chi connectivity index (χ4v) is 1.75. The Balaban J connectivity index is 2.54. The minimum absolute atomic E-state index is 0.637. The topological polar surface area (TPSA) is 42.9 Å². The molecular formula is C11H14N2O2. The first-order valence-electron chi connectivity index (χ1n) is 4.77. The van der Waals surface area contributed by atoms with Crippen LogP contribution < -0.4 is 5.32 Å². The van der Waals surface area contributed by atoms with E-state index in [1.54, 1.807) is 20.6 Å². The lowest BCUT2D eigenvalue weighted by molar-refractivity contribution is -0.226. The van der Waals surface area contributed by atoms with Crippen LogP contribution >= 0.6 is 0 Å². The van der Waals surface area contributed by atoms with E-state index in [1.165, 1.54) is 0 Å². The number of fused-ring (bicyclic) bond motifs is 1. The second kappa shape index (κ2) is 4.00. The Kier molecular flexibility index (Phi) is 2.70. The third-order valence-corrected chi connectivity index (χ3v) is 2.55. The number of nitrogens with one attached hydrogen (secondary N) is 1. The van der Waals surface area contributed by atoms with Crippen molar-refractivity contribution >= 4 is 6.34 Å². The summed E-state index contributed by atoms with van der Waals surface area (Å²) >= 11 is 0. The summed E-state index contributed by atoms with van der Waals surface area (Å²) in [6, 6.07) is 7.94. The average molecular weight is 206 g/mol. The van der Waals surface area contributed by atoms with Gasteiger partial charge in [0.2, 0.25) is 0 Å². The van der Waals surface area contributed by atoms with Gasteiger partial charge in [0.05, 0.1) is 12.9 Å². The Morgan fingerprint density at radius 1 is 1.27 bits per heavy atom. The summed E-state index contributed by atoms with van der Waals surface area (Å²) in [6.07, 6.45) is 1.62. The zero-order valence-electron chi connectivity index (χ0n) is 8.86. The van der Waals surface area contributed by atoms with Gasteiger partial charge in [-0.2, -0.15) is 0 Å². The number of aliphatic imine (C=N–C) groups is 1. The third-order valence-electron chi connectivity index (χ3n) is 2.55. The van der Waals surface area contributed by atoms with E-state index in [0.717, 1.165) is 11.1 Å². The molecule has 0 unspecified atom stereocenters. The van der Waals surface area contributed by atoms with Gasteiger partial charge in [0.15, 0.2) is 0 Å². The molecule has 4 heteroatoms. The molecule has 0 fully saturated rings. The summed E-state index contributed by atoms with van der Waals surface area (Å²) in [4.78, 5) is 4.21. The maximum atomic E-state index is 5.41. The van der Waals surface area contributed by atoms with Gasteiger partial charge in [-0.05, 0) is 5.56 Å². The van der Waals surface area contributed by atoms with Gasteiger partial charge < -0.3 is 14.8 Å². The first-order valence-corrected chi connectivity index (χ1v) is 4.77. The maximum absolute atomic E-state index is 5.41. The van der Waals surface area contributed by atoms with Crippen molar-refractivity contribution in [1.82, 2.24) is 5.32 Å². The standard InChI is InChI=1S/C11H14N2O2/c1-14-11(15-2)10-6-4-3-5-9(10)7-12-8-13-11/h3-6,8H,7H2,1-2H3,(H,12,13). The van der Waals surface area contributed by atoms with Crippen molar-refractivity contribution < 1.29 is 9.47 Å². The SMILES string of the molecule is COC1(OC)NC=NCc2ccccc21. The largest absolute Gasteiger partial charge is 0.332 e. The highest BCUT2D eigenvalue weighted by molar-refractivity contribution is 5.57. The van der Waals surface area contributed by atoms with Gasteiger partial charge in [-0.3, -0.25) is 4.99 Å². The fourth-order valence-electron chi connectivity index (χ4n) is 1.75. The molecule has 0 spiro atoms. The van der Waals surface area contributed by atoms with E-state index in [2.05, 4.69) is 10.3 Å². The lowest BCUT2D eigenvalue weighted by Crippen LogP contribution is -2.45. The van der Waals surface area contributed by atoms with Gasteiger partial charge in [0, 0.05) is 19.8 Å². The van der Waals surface area contributed by atoms with Crippen LogP contribution in [0.5, 0.6) is 0 Å². The smallest absolute Gasteiger partial charge is 0.278 e. The van der Waals surface area contributed by atoms with Crippen LogP contribution in [0.2, 0.25) is 0 Å². The summed E-state index contributed by atoms with van der Waals surface area (Å²) < 4.78 is 10.8. The first-order chi connectivity index (χ1) is 7.32. The zero-order valence-corrected chi connectivity index (χ0v) is 8.86. The zero-order chi connectivity index (χ0) is 10.7. The molecule has 0 atom stereocenters. The lowest BCUT2D eigenvalue weighted by Gasteiger charge is -2.31. The number of hydrogen-bond donors (Lipinski definition) is 1. The molecule has 1 aromatic rings. The molecule has 0 saturated carbocycles. The molecule has 2 rings (SSSR count). The number of hydrogen-bond acceptors (Lipinski definition) is 4. The normalized spacial score (nSPS) is 17.7. The minimum atomic E-state index is -0.920. The Morgan fingerprint density at radius 3 is 2.73 bits per heavy atom. The minimum Gasteiger partial charge on any atom is -0.332 e. The molecule has 0 amide bonds. The van der Waals surface area contributed by atoms with Gasteiger partial charge in [0.1, 0.15) is 0 Å². The third kappa shape index (κ3) is 1.62. The van der Waals surface area contributed by atoms with Crippen LogP contribution in [-0.2, 0) is 21.9 Å². The van der Waals surface area contributed by atoms with Crippen LogP contribution in [0.4, 0.5) is 0 Å². The summed E-state index contributed by atoms with van der Waals surface area (Å²) in [5.74, 6) is -0.920. The summed E-state index contributed by atoms with van der Waals surface area (Å²) in [5.41, 5.74) is 2.06. The van der Waals surface area contributed by atoms with Crippen molar-refractivity contribution in [3.05, 3.63) is 35.4 Å². The second-order valence-corrected chi connectivity index (χ2v) is 3.30. The monoisotopic (exact) mass is 206 g/mol. The molecule has 0 aromatic heterocycles. The highest BCUT2D eigenvalue weighted by atomic mass is 16.7. The molecule has 0 bridgehead atoms. The van der Waals surface area contributed by atoms with Crippen molar-refractivity contribution in [3.8, 4) is 0 Å². The highest BCUT2D eigenvalue weighted by Gasteiger charge is 2.34. The number of benzene rings is 1. The van der Waals surface area contributed by atoms with Crippen molar-refractivity contribution in [2.45, 2.75) is 12.5 Å². The van der Waals surface area contributed by atoms with Crippen LogP contribution in [0.1, 0.15) is 11.1 Å². The first kappa shape index (κ1) is 10.1. The molecule has 1 N–H and O–H groups in total. The number of methoxy groups -OCH3 is 2. The van der Waals surface area contributed by atoms with Gasteiger partial charge >= 0.3 is 0 Å². The predicted octanol–water partition coefficient (Wildman–Crippen LogP) is 1.22. The lowest BCUT2D eigenvalue weighted by atomic mass is 10.0. The molecule has 0 aliphatic carbocycles.